The van der Waals surface area contributed by atoms with Crippen molar-refractivity contribution in [2.75, 3.05) is 19.7 Å². The topological polar surface area (TPSA) is 45.7 Å². The highest BCUT2D eigenvalue weighted by molar-refractivity contribution is 5.79. The maximum atomic E-state index is 5.95. The van der Waals surface area contributed by atoms with E-state index in [4.69, 9.17) is 9.73 Å². The van der Waals surface area contributed by atoms with Crippen molar-refractivity contribution in [2.24, 2.45) is 16.8 Å². The third kappa shape index (κ3) is 4.93. The van der Waals surface area contributed by atoms with Crippen LogP contribution in [0.25, 0.3) is 0 Å². The third-order valence-electron chi connectivity index (χ3n) is 4.15. The summed E-state index contributed by atoms with van der Waals surface area (Å²) in [6.45, 7) is 5.52. The molecule has 22 heavy (non-hydrogen) atoms. The molecule has 0 aromatic heterocycles. The molecule has 2 aliphatic rings. The van der Waals surface area contributed by atoms with Crippen molar-refractivity contribution >= 4 is 5.96 Å². The molecule has 2 saturated carbocycles. The van der Waals surface area contributed by atoms with E-state index in [1.54, 1.807) is 0 Å². The smallest absolute Gasteiger partial charge is 0.191 e. The number of hydrogen-bond donors (Lipinski definition) is 2. The molecule has 0 aliphatic heterocycles. The number of para-hydroxylation sites is 1. The van der Waals surface area contributed by atoms with Crippen LogP contribution in [0.5, 0.6) is 5.75 Å². The van der Waals surface area contributed by atoms with Crippen LogP contribution in [0.3, 0.4) is 0 Å². The molecule has 0 spiro atoms. The molecule has 1 aromatic carbocycles. The second-order valence-corrected chi connectivity index (χ2v) is 6.38. The molecule has 0 unspecified atom stereocenters. The van der Waals surface area contributed by atoms with Gasteiger partial charge in [0.15, 0.2) is 5.96 Å². The molecule has 3 rings (SSSR count). The maximum absolute atomic E-state index is 5.95. The zero-order valence-corrected chi connectivity index (χ0v) is 13.5. The molecule has 2 aliphatic carbocycles. The fraction of sp³-hybridized carbons (Fsp3) is 0.611. The van der Waals surface area contributed by atoms with Gasteiger partial charge in [-0.25, -0.2) is 4.99 Å². The Labute approximate surface area is 133 Å². The van der Waals surface area contributed by atoms with E-state index < -0.39 is 0 Å². The molecule has 0 atom stereocenters. The average molecular weight is 301 g/mol. The van der Waals surface area contributed by atoms with Gasteiger partial charge in [0.1, 0.15) is 5.75 Å². The van der Waals surface area contributed by atoms with Crippen LogP contribution in [-0.4, -0.2) is 25.7 Å². The average Bonchev–Trinajstić information content (AvgIpc) is 3.43. The molecule has 4 nitrogen and oxygen atoms in total. The Morgan fingerprint density at radius 3 is 2.64 bits per heavy atom. The fourth-order valence-corrected chi connectivity index (χ4v) is 2.34. The second kappa shape index (κ2) is 7.52. The Morgan fingerprint density at radius 2 is 1.91 bits per heavy atom. The molecule has 1 aromatic rings. The standard InChI is InChI=1S/C18H27N3O/c1-2-19-18(20-11-14-7-8-14)21-12-16-5-3-4-6-17(16)22-13-15-9-10-15/h3-6,14-15H,2,7-13H2,1H3,(H2,19,20,21). The van der Waals surface area contributed by atoms with E-state index in [2.05, 4.69) is 35.8 Å². The summed E-state index contributed by atoms with van der Waals surface area (Å²) >= 11 is 0. The van der Waals surface area contributed by atoms with E-state index in [1.165, 1.54) is 25.7 Å². The molecular weight excluding hydrogens is 274 g/mol. The van der Waals surface area contributed by atoms with Crippen molar-refractivity contribution in [3.05, 3.63) is 29.8 Å². The van der Waals surface area contributed by atoms with Crippen LogP contribution in [0.15, 0.2) is 29.3 Å². The Balaban J connectivity index is 1.57. The first-order valence-electron chi connectivity index (χ1n) is 8.58. The zero-order chi connectivity index (χ0) is 15.2. The minimum Gasteiger partial charge on any atom is -0.493 e. The summed E-state index contributed by atoms with van der Waals surface area (Å²) in [5.41, 5.74) is 1.16. The van der Waals surface area contributed by atoms with Crippen molar-refractivity contribution in [1.29, 1.82) is 0 Å². The number of aliphatic imine (C=N–C) groups is 1. The normalized spacial score (nSPS) is 18.1. The van der Waals surface area contributed by atoms with Crippen molar-refractivity contribution < 1.29 is 4.74 Å². The van der Waals surface area contributed by atoms with Crippen LogP contribution in [0, 0.1) is 11.8 Å². The highest BCUT2D eigenvalue weighted by Gasteiger charge is 2.22. The van der Waals surface area contributed by atoms with Crippen LogP contribution in [0.2, 0.25) is 0 Å². The summed E-state index contributed by atoms with van der Waals surface area (Å²) in [5.74, 6) is 3.51. The van der Waals surface area contributed by atoms with Crippen molar-refractivity contribution in [1.82, 2.24) is 10.6 Å². The van der Waals surface area contributed by atoms with Crippen LogP contribution in [-0.2, 0) is 6.54 Å². The first-order chi connectivity index (χ1) is 10.8. The van der Waals surface area contributed by atoms with E-state index in [0.29, 0.717) is 6.54 Å². The number of nitrogens with one attached hydrogen (secondary N) is 2. The second-order valence-electron chi connectivity index (χ2n) is 6.38. The first-order valence-corrected chi connectivity index (χ1v) is 8.58. The van der Waals surface area contributed by atoms with E-state index in [0.717, 1.165) is 48.8 Å². The summed E-state index contributed by atoms with van der Waals surface area (Å²) in [7, 11) is 0. The SMILES string of the molecule is CCNC(=NCc1ccccc1OCC1CC1)NCC1CC1. The number of rotatable bonds is 8. The molecule has 4 heteroatoms. The molecule has 0 saturated heterocycles. The quantitative estimate of drug-likeness (QED) is 0.573. The van der Waals surface area contributed by atoms with Crippen LogP contribution in [0.4, 0.5) is 0 Å². The summed E-state index contributed by atoms with van der Waals surface area (Å²) in [6.07, 6.45) is 5.33. The van der Waals surface area contributed by atoms with Gasteiger partial charge >= 0.3 is 0 Å². The lowest BCUT2D eigenvalue weighted by atomic mass is 10.2. The van der Waals surface area contributed by atoms with Crippen LogP contribution < -0.4 is 15.4 Å². The Morgan fingerprint density at radius 1 is 1.14 bits per heavy atom. The van der Waals surface area contributed by atoms with Gasteiger partial charge in [0, 0.05) is 18.7 Å². The Hall–Kier alpha value is -1.71. The van der Waals surface area contributed by atoms with Gasteiger partial charge in [0.2, 0.25) is 0 Å². The zero-order valence-electron chi connectivity index (χ0n) is 13.5. The van der Waals surface area contributed by atoms with Gasteiger partial charge in [-0.2, -0.15) is 0 Å². The van der Waals surface area contributed by atoms with Gasteiger partial charge in [-0.15, -0.1) is 0 Å². The monoisotopic (exact) mass is 301 g/mol. The lowest BCUT2D eigenvalue weighted by molar-refractivity contribution is 0.297. The number of hydrogen-bond acceptors (Lipinski definition) is 2. The van der Waals surface area contributed by atoms with E-state index >= 15 is 0 Å². The van der Waals surface area contributed by atoms with Crippen molar-refractivity contribution in [3.8, 4) is 5.75 Å². The van der Waals surface area contributed by atoms with E-state index in [9.17, 15) is 0 Å². The summed E-state index contributed by atoms with van der Waals surface area (Å²) in [6, 6.07) is 8.25. The minimum absolute atomic E-state index is 0.654. The fourth-order valence-electron chi connectivity index (χ4n) is 2.34. The predicted molar refractivity (Wildman–Crippen MR) is 90.2 cm³/mol. The largest absolute Gasteiger partial charge is 0.493 e. The van der Waals surface area contributed by atoms with E-state index in [1.807, 2.05) is 6.07 Å². The summed E-state index contributed by atoms with van der Waals surface area (Å²) in [4.78, 5) is 4.70. The molecule has 2 fully saturated rings. The highest BCUT2D eigenvalue weighted by atomic mass is 16.5. The van der Waals surface area contributed by atoms with Crippen molar-refractivity contribution in [2.45, 2.75) is 39.2 Å². The van der Waals surface area contributed by atoms with E-state index in [-0.39, 0.29) is 0 Å². The Bertz CT molecular complexity index is 507. The van der Waals surface area contributed by atoms with Gasteiger partial charge < -0.3 is 15.4 Å². The molecule has 2 N–H and O–H groups in total. The minimum atomic E-state index is 0.654. The molecular formula is C18H27N3O. The number of guanidine groups is 1. The number of nitrogens with zero attached hydrogens (tertiary/aromatic N) is 1. The first kappa shape index (κ1) is 15.2. The van der Waals surface area contributed by atoms with Crippen LogP contribution >= 0.6 is 0 Å². The van der Waals surface area contributed by atoms with Gasteiger partial charge in [-0.1, -0.05) is 18.2 Å². The van der Waals surface area contributed by atoms with Crippen molar-refractivity contribution in [3.63, 3.8) is 0 Å². The van der Waals surface area contributed by atoms with Gasteiger partial charge in [0.25, 0.3) is 0 Å². The highest BCUT2D eigenvalue weighted by Crippen LogP contribution is 2.30. The molecule has 120 valence electrons. The van der Waals surface area contributed by atoms with Crippen LogP contribution in [0.1, 0.15) is 38.2 Å². The number of ether oxygens (including phenoxy) is 1. The lowest BCUT2D eigenvalue weighted by Gasteiger charge is -2.12. The molecule has 0 heterocycles. The van der Waals surface area contributed by atoms with Gasteiger partial charge in [0.05, 0.1) is 13.2 Å². The molecule has 0 amide bonds. The van der Waals surface area contributed by atoms with Gasteiger partial charge in [-0.3, -0.25) is 0 Å². The maximum Gasteiger partial charge on any atom is 0.191 e. The molecule has 0 bridgehead atoms. The lowest BCUT2D eigenvalue weighted by Crippen LogP contribution is -2.38. The summed E-state index contributed by atoms with van der Waals surface area (Å²) in [5, 5.41) is 6.74. The predicted octanol–water partition coefficient (Wildman–Crippen LogP) is 2.94. The Kier molecular flexibility index (Phi) is 5.20. The number of benzene rings is 1. The summed E-state index contributed by atoms with van der Waals surface area (Å²) < 4.78 is 5.95. The van der Waals surface area contributed by atoms with Gasteiger partial charge in [-0.05, 0) is 50.5 Å². The molecule has 0 radical (unpaired) electrons. The third-order valence-corrected chi connectivity index (χ3v) is 4.15.